The Bertz CT molecular complexity index is 458. The molecule has 1 aromatic rings. The van der Waals surface area contributed by atoms with Gasteiger partial charge in [-0.2, -0.15) is 5.26 Å². The topological polar surface area (TPSA) is 23.8 Å². The average molecular weight is 338 g/mol. The third kappa shape index (κ3) is 2.54. The predicted molar refractivity (Wildman–Crippen MR) is 64.6 cm³/mol. The summed E-state index contributed by atoms with van der Waals surface area (Å²) >= 11 is 7.74. The van der Waals surface area contributed by atoms with Gasteiger partial charge in [-0.25, -0.2) is 4.39 Å². The van der Waals surface area contributed by atoms with Gasteiger partial charge in [0.05, 0.1) is 16.1 Å². The van der Waals surface area contributed by atoms with Crippen LogP contribution < -0.4 is 0 Å². The summed E-state index contributed by atoms with van der Waals surface area (Å²) in [6.45, 7) is 0. The molecule has 1 aromatic carbocycles. The number of nitriles is 1. The van der Waals surface area contributed by atoms with E-state index in [0.29, 0.717) is 0 Å². The van der Waals surface area contributed by atoms with E-state index in [1.807, 2.05) is 27.3 Å². The van der Waals surface area contributed by atoms with Crippen LogP contribution in [0, 0.1) is 28.3 Å². The third-order valence-corrected chi connectivity index (χ3v) is 2.66. The molecule has 0 fully saturated rings. The molecule has 0 spiro atoms. The van der Waals surface area contributed by atoms with Gasteiger partial charge < -0.3 is 0 Å². The van der Waals surface area contributed by atoms with Crippen molar-refractivity contribution in [2.75, 3.05) is 0 Å². The zero-order chi connectivity index (χ0) is 10.6. The van der Waals surface area contributed by atoms with Crippen molar-refractivity contribution in [2.45, 2.75) is 0 Å². The Morgan fingerprint density at radius 2 is 2.21 bits per heavy atom. The highest BCUT2D eigenvalue weighted by atomic mass is 127. The van der Waals surface area contributed by atoms with E-state index >= 15 is 0 Å². The minimum absolute atomic E-state index is 0.0745. The Morgan fingerprint density at radius 1 is 1.50 bits per heavy atom. The molecule has 5 heteroatoms. The molecule has 0 bridgehead atoms. The molecule has 14 heavy (non-hydrogen) atoms. The molecule has 0 N–H and O–H groups in total. The first-order valence-corrected chi connectivity index (χ1v) is 7.11. The molecule has 70 valence electrons. The second-order valence-corrected chi connectivity index (χ2v) is 4.26. The molecular weight excluding hydrogens is 336 g/mol. The fourth-order valence-electron chi connectivity index (χ4n) is 0.824. The summed E-state index contributed by atoms with van der Waals surface area (Å²) in [7, 11) is 1.23. The van der Waals surface area contributed by atoms with Crippen molar-refractivity contribution >= 4 is 41.7 Å². The van der Waals surface area contributed by atoms with E-state index in [0.717, 1.165) is 0 Å². The van der Waals surface area contributed by atoms with Gasteiger partial charge in [-0.05, 0) is 32.2 Å². The van der Waals surface area contributed by atoms with Crippen LogP contribution in [0.25, 0.3) is 0 Å². The number of rotatable bonds is 0. The molecule has 0 saturated carbocycles. The zero-order valence-corrected chi connectivity index (χ0v) is 10.4. The van der Waals surface area contributed by atoms with E-state index in [-0.39, 0.29) is 16.1 Å². The minimum Gasteiger partial charge on any atom is -0.206 e. The van der Waals surface area contributed by atoms with Crippen LogP contribution in [0.3, 0.4) is 0 Å². The van der Waals surface area contributed by atoms with Crippen molar-refractivity contribution in [3.63, 3.8) is 0 Å². The molecule has 0 saturated heterocycles. The summed E-state index contributed by atoms with van der Waals surface area (Å²) in [6, 6.07) is 4.38. The molecule has 0 unspecified atom stereocenters. The lowest BCUT2D eigenvalue weighted by Crippen LogP contribution is -1.88. The molecule has 1 rings (SSSR count). The second kappa shape index (κ2) is 5.45. The molecule has 0 radical (unpaired) electrons. The van der Waals surface area contributed by atoms with E-state index in [9.17, 15) is 4.39 Å². The number of halogens is 3. The SMILES string of the molecule is N#Cc1ccc(F)c(C#CSI)c1Cl. The molecule has 0 atom stereocenters. The van der Waals surface area contributed by atoms with Gasteiger partial charge in [0.2, 0.25) is 0 Å². The van der Waals surface area contributed by atoms with Gasteiger partial charge in [0, 0.05) is 21.2 Å². The molecule has 0 aliphatic heterocycles. The molecule has 1 nitrogen and oxygen atoms in total. The molecule has 0 amide bonds. The van der Waals surface area contributed by atoms with Crippen LogP contribution in [0.1, 0.15) is 11.1 Å². The minimum atomic E-state index is -0.507. The first kappa shape index (κ1) is 11.6. The van der Waals surface area contributed by atoms with Crippen molar-refractivity contribution in [3.05, 3.63) is 34.1 Å². The van der Waals surface area contributed by atoms with Crippen LogP contribution in [-0.2, 0) is 0 Å². The zero-order valence-electron chi connectivity index (χ0n) is 6.64. The van der Waals surface area contributed by atoms with Crippen LogP contribution in [0.5, 0.6) is 0 Å². The Kier molecular flexibility index (Phi) is 4.53. The molecule has 0 aliphatic carbocycles. The fraction of sp³-hybridized carbons (Fsp3) is 0. The molecule has 0 heterocycles. The van der Waals surface area contributed by atoms with E-state index in [4.69, 9.17) is 16.9 Å². The maximum absolute atomic E-state index is 13.2. The average Bonchev–Trinajstić information content (AvgIpc) is 2.18. The smallest absolute Gasteiger partial charge is 0.140 e. The highest BCUT2D eigenvalue weighted by Gasteiger charge is 2.09. The lowest BCUT2D eigenvalue weighted by atomic mass is 10.1. The predicted octanol–water partition coefficient (Wildman–Crippen LogP) is 3.74. The van der Waals surface area contributed by atoms with Crippen LogP contribution in [0.2, 0.25) is 5.02 Å². The van der Waals surface area contributed by atoms with E-state index in [1.54, 1.807) is 0 Å². The van der Waals surface area contributed by atoms with Crippen LogP contribution >= 0.6 is 41.7 Å². The lowest BCUT2D eigenvalue weighted by molar-refractivity contribution is 0.624. The fourth-order valence-corrected chi connectivity index (χ4v) is 1.54. The first-order valence-electron chi connectivity index (χ1n) is 3.37. The molecule has 0 aromatic heterocycles. The Balaban J connectivity index is 3.34. The maximum Gasteiger partial charge on any atom is 0.140 e. The van der Waals surface area contributed by atoms with Crippen LogP contribution in [0.15, 0.2) is 12.1 Å². The standard InChI is InChI=1S/C9H2ClFINS/c10-9-6(5-13)1-2-8(11)7(9)3-4-14-12/h1-2H. The van der Waals surface area contributed by atoms with E-state index in [2.05, 4.69) is 11.2 Å². The monoisotopic (exact) mass is 337 g/mol. The van der Waals surface area contributed by atoms with Gasteiger partial charge in [0.15, 0.2) is 0 Å². The first-order chi connectivity index (χ1) is 6.70. The van der Waals surface area contributed by atoms with Crippen molar-refractivity contribution in [3.8, 4) is 17.2 Å². The number of benzene rings is 1. The summed E-state index contributed by atoms with van der Waals surface area (Å²) in [5, 5.41) is 11.3. The summed E-state index contributed by atoms with van der Waals surface area (Å²) in [4.78, 5) is 0. The Labute approximate surface area is 102 Å². The highest BCUT2D eigenvalue weighted by molar-refractivity contribution is 14.2. The van der Waals surface area contributed by atoms with E-state index < -0.39 is 5.82 Å². The summed E-state index contributed by atoms with van der Waals surface area (Å²) in [6.07, 6.45) is 0. The number of hydrogen-bond acceptors (Lipinski definition) is 2. The van der Waals surface area contributed by atoms with E-state index in [1.165, 1.54) is 21.1 Å². The van der Waals surface area contributed by atoms with Gasteiger partial charge in [-0.1, -0.05) is 11.6 Å². The largest absolute Gasteiger partial charge is 0.206 e. The molecular formula is C9H2ClFINS. The number of nitrogens with zero attached hydrogens (tertiary/aromatic N) is 1. The van der Waals surface area contributed by atoms with Crippen molar-refractivity contribution in [1.82, 2.24) is 0 Å². The van der Waals surface area contributed by atoms with Gasteiger partial charge in [-0.15, -0.1) is 0 Å². The molecule has 0 aliphatic rings. The Hall–Kier alpha value is -0.430. The number of hydrogen-bond donors (Lipinski definition) is 0. The maximum atomic E-state index is 13.2. The van der Waals surface area contributed by atoms with Gasteiger partial charge in [0.1, 0.15) is 11.9 Å². The second-order valence-electron chi connectivity index (χ2n) is 2.20. The summed E-state index contributed by atoms with van der Waals surface area (Å²) < 4.78 is 13.2. The Morgan fingerprint density at radius 3 is 2.79 bits per heavy atom. The van der Waals surface area contributed by atoms with Gasteiger partial charge >= 0.3 is 0 Å². The van der Waals surface area contributed by atoms with Crippen molar-refractivity contribution in [1.29, 1.82) is 5.26 Å². The lowest BCUT2D eigenvalue weighted by Gasteiger charge is -1.99. The van der Waals surface area contributed by atoms with Crippen molar-refractivity contribution in [2.24, 2.45) is 0 Å². The summed E-state index contributed by atoms with van der Waals surface area (Å²) in [5.74, 6) is 2.05. The van der Waals surface area contributed by atoms with Crippen LogP contribution in [-0.4, -0.2) is 0 Å². The normalized spacial score (nSPS) is 8.71. The van der Waals surface area contributed by atoms with Gasteiger partial charge in [0.25, 0.3) is 0 Å². The highest BCUT2D eigenvalue weighted by Crippen LogP contribution is 2.23. The third-order valence-electron chi connectivity index (χ3n) is 1.43. The van der Waals surface area contributed by atoms with Crippen molar-refractivity contribution < 1.29 is 4.39 Å². The quantitative estimate of drug-likeness (QED) is 0.532. The summed E-state index contributed by atoms with van der Waals surface area (Å²) in [5.41, 5.74) is 0.311. The van der Waals surface area contributed by atoms with Gasteiger partial charge in [-0.3, -0.25) is 0 Å². The van der Waals surface area contributed by atoms with Crippen LogP contribution in [0.4, 0.5) is 4.39 Å².